The number of H-pyrrole nitrogens is 2. The number of rotatable bonds is 5. The van der Waals surface area contributed by atoms with E-state index in [1.54, 1.807) is 61.7 Å². The lowest BCUT2D eigenvalue weighted by Gasteiger charge is -2.07. The predicted molar refractivity (Wildman–Crippen MR) is 143 cm³/mol. The van der Waals surface area contributed by atoms with Crippen molar-refractivity contribution in [3.63, 3.8) is 0 Å². The molecule has 6 aromatic rings. The van der Waals surface area contributed by atoms with Gasteiger partial charge in [0.2, 0.25) is 0 Å². The third kappa shape index (κ3) is 4.51. The van der Waals surface area contributed by atoms with E-state index in [1.165, 1.54) is 10.6 Å². The van der Waals surface area contributed by atoms with Gasteiger partial charge in [0.15, 0.2) is 5.65 Å². The minimum absolute atomic E-state index is 0.264. The minimum atomic E-state index is -4.45. The van der Waals surface area contributed by atoms with Crippen molar-refractivity contribution < 1.29 is 22.7 Å². The van der Waals surface area contributed by atoms with E-state index in [0.717, 1.165) is 17.7 Å². The van der Waals surface area contributed by atoms with Gasteiger partial charge in [-0.3, -0.25) is 9.55 Å². The zero-order valence-corrected chi connectivity index (χ0v) is 20.9. The van der Waals surface area contributed by atoms with Crippen molar-refractivity contribution in [2.75, 3.05) is 6.61 Å². The quantitative estimate of drug-likeness (QED) is 0.255. The molecule has 0 aliphatic rings. The number of nitrogens with one attached hydrogen (secondary N) is 2. The van der Waals surface area contributed by atoms with Gasteiger partial charge in [0, 0.05) is 17.3 Å². The summed E-state index contributed by atoms with van der Waals surface area (Å²) in [6, 6.07) is 19.0. The first-order valence-corrected chi connectivity index (χ1v) is 12.3. The van der Waals surface area contributed by atoms with Gasteiger partial charge >= 0.3 is 17.8 Å². The van der Waals surface area contributed by atoms with Gasteiger partial charge < -0.3 is 9.72 Å². The lowest BCUT2D eigenvalue weighted by atomic mass is 10.0. The molecular formula is C29H20F3N5O3. The van der Waals surface area contributed by atoms with E-state index >= 15 is 0 Å². The smallest absolute Gasteiger partial charge is 0.416 e. The summed E-state index contributed by atoms with van der Waals surface area (Å²) in [5.41, 5.74) is 3.46. The van der Waals surface area contributed by atoms with Crippen LogP contribution in [-0.2, 0) is 10.9 Å². The number of aromatic amines is 2. The number of alkyl halides is 3. The maximum absolute atomic E-state index is 13.1. The number of carbonyl (C=O) groups excluding carboxylic acids is 1. The Labute approximate surface area is 224 Å². The van der Waals surface area contributed by atoms with Crippen LogP contribution in [0.3, 0.4) is 0 Å². The summed E-state index contributed by atoms with van der Waals surface area (Å²) in [6.07, 6.45) is -2.84. The molecule has 0 atom stereocenters. The molecule has 3 aromatic carbocycles. The first kappa shape index (κ1) is 25.1. The molecule has 2 N–H and O–H groups in total. The fourth-order valence-electron chi connectivity index (χ4n) is 4.53. The molecule has 8 nitrogen and oxygen atoms in total. The lowest BCUT2D eigenvalue weighted by Crippen LogP contribution is -2.14. The fraction of sp³-hybridized carbons (Fsp3) is 0.103. The Morgan fingerprint density at radius 2 is 1.75 bits per heavy atom. The summed E-state index contributed by atoms with van der Waals surface area (Å²) >= 11 is 0. The van der Waals surface area contributed by atoms with Gasteiger partial charge in [-0.05, 0) is 73.2 Å². The van der Waals surface area contributed by atoms with Gasteiger partial charge in [-0.25, -0.2) is 19.6 Å². The van der Waals surface area contributed by atoms with Gasteiger partial charge in [-0.2, -0.15) is 13.2 Å². The number of esters is 1. The average Bonchev–Trinajstić information content (AvgIpc) is 3.52. The number of hydrogen-bond acceptors (Lipinski definition) is 5. The number of nitrogens with zero attached hydrogens (tertiary/aromatic N) is 3. The maximum atomic E-state index is 13.1. The first-order chi connectivity index (χ1) is 19.2. The Hall–Kier alpha value is -5.19. The van der Waals surface area contributed by atoms with Crippen LogP contribution in [0.15, 0.2) is 83.8 Å². The van der Waals surface area contributed by atoms with E-state index in [-0.39, 0.29) is 12.1 Å². The molecule has 3 heterocycles. The summed E-state index contributed by atoms with van der Waals surface area (Å²) < 4.78 is 45.8. The van der Waals surface area contributed by atoms with E-state index in [0.29, 0.717) is 44.9 Å². The predicted octanol–water partition coefficient (Wildman–Crippen LogP) is 6.12. The molecule has 0 aliphatic heterocycles. The summed E-state index contributed by atoms with van der Waals surface area (Å²) in [5.74, 6) is -0.0279. The van der Waals surface area contributed by atoms with Crippen molar-refractivity contribution in [3.05, 3.63) is 101 Å². The second-order valence-corrected chi connectivity index (χ2v) is 9.02. The van der Waals surface area contributed by atoms with Crippen molar-refractivity contribution in [2.45, 2.75) is 13.1 Å². The van der Waals surface area contributed by atoms with Crippen LogP contribution in [0.4, 0.5) is 13.2 Å². The summed E-state index contributed by atoms with van der Waals surface area (Å²) in [5, 5.41) is 0. The summed E-state index contributed by atoms with van der Waals surface area (Å²) in [7, 11) is 0. The Balaban J connectivity index is 1.35. The number of imidazole rings is 2. The van der Waals surface area contributed by atoms with Gasteiger partial charge in [-0.1, -0.05) is 12.1 Å². The van der Waals surface area contributed by atoms with Crippen LogP contribution in [0.2, 0.25) is 0 Å². The van der Waals surface area contributed by atoms with Crippen molar-refractivity contribution >= 4 is 28.2 Å². The van der Waals surface area contributed by atoms with E-state index in [1.807, 2.05) is 6.07 Å². The Bertz CT molecular complexity index is 1950. The average molecular weight is 544 g/mol. The fourth-order valence-corrected chi connectivity index (χ4v) is 4.53. The lowest BCUT2D eigenvalue weighted by molar-refractivity contribution is -0.137. The van der Waals surface area contributed by atoms with Crippen LogP contribution in [0.1, 0.15) is 22.8 Å². The third-order valence-corrected chi connectivity index (χ3v) is 6.45. The van der Waals surface area contributed by atoms with Crippen LogP contribution in [0, 0.1) is 0 Å². The minimum Gasteiger partial charge on any atom is -0.462 e. The van der Waals surface area contributed by atoms with Crippen LogP contribution >= 0.6 is 0 Å². The highest BCUT2D eigenvalue weighted by atomic mass is 19.4. The standard InChI is InChI=1S/C29H20F3N5O3/c1-2-40-27(38)18-5-3-4-17(12-18)19-13-24-26(33-15-19)36-28(39)37(24)21-9-6-16(7-10-21)25-34-22-11-8-20(29(30,31)32)14-23(22)35-25/h3-15H,2H2,1H3,(H,34,35)(H,33,36,39). The number of ether oxygens (including phenoxy) is 1. The zero-order valence-electron chi connectivity index (χ0n) is 20.9. The molecule has 0 aliphatic carbocycles. The molecule has 0 amide bonds. The number of aromatic nitrogens is 5. The Morgan fingerprint density at radius 3 is 2.50 bits per heavy atom. The van der Waals surface area contributed by atoms with Crippen LogP contribution in [0.25, 0.3) is 50.4 Å². The number of hydrogen-bond donors (Lipinski definition) is 2. The van der Waals surface area contributed by atoms with Crippen molar-refractivity contribution in [2.24, 2.45) is 0 Å². The summed E-state index contributed by atoms with van der Waals surface area (Å²) in [4.78, 5) is 39.5. The molecule has 0 saturated heterocycles. The van der Waals surface area contributed by atoms with Crippen LogP contribution in [0.5, 0.6) is 0 Å². The van der Waals surface area contributed by atoms with Gasteiger partial charge in [-0.15, -0.1) is 0 Å². The number of pyridine rings is 1. The van der Waals surface area contributed by atoms with E-state index in [2.05, 4.69) is 19.9 Å². The van der Waals surface area contributed by atoms with Gasteiger partial charge in [0.1, 0.15) is 5.82 Å². The Kier molecular flexibility index (Phi) is 5.98. The number of fused-ring (bicyclic) bond motifs is 2. The van der Waals surface area contributed by atoms with E-state index in [4.69, 9.17) is 4.74 Å². The van der Waals surface area contributed by atoms with E-state index < -0.39 is 23.4 Å². The zero-order chi connectivity index (χ0) is 28.0. The monoisotopic (exact) mass is 543 g/mol. The maximum Gasteiger partial charge on any atom is 0.416 e. The normalized spacial score (nSPS) is 11.8. The number of carbonyl (C=O) groups is 1. The topological polar surface area (TPSA) is 106 Å². The largest absolute Gasteiger partial charge is 0.462 e. The second kappa shape index (κ2) is 9.53. The van der Waals surface area contributed by atoms with E-state index in [9.17, 15) is 22.8 Å². The molecule has 0 unspecified atom stereocenters. The van der Waals surface area contributed by atoms with Crippen molar-refractivity contribution in [1.82, 2.24) is 24.5 Å². The molecular weight excluding hydrogens is 523 g/mol. The SMILES string of the molecule is CCOC(=O)c1cccc(-c2cnc3[nH]c(=O)n(-c4ccc(-c5nc6ccc(C(F)(F)F)cc6[nH]5)cc4)c3c2)c1. The first-order valence-electron chi connectivity index (χ1n) is 12.3. The molecule has 3 aromatic heterocycles. The molecule has 0 bridgehead atoms. The molecule has 6 rings (SSSR count). The second-order valence-electron chi connectivity index (χ2n) is 9.02. The molecule has 0 radical (unpaired) electrons. The molecule has 11 heteroatoms. The molecule has 0 fully saturated rings. The van der Waals surface area contributed by atoms with Crippen molar-refractivity contribution in [3.8, 4) is 28.2 Å². The molecule has 0 saturated carbocycles. The Morgan fingerprint density at radius 1 is 0.950 bits per heavy atom. The van der Waals surface area contributed by atoms with Gasteiger partial charge in [0.05, 0.1) is 40.0 Å². The molecule has 200 valence electrons. The highest BCUT2D eigenvalue weighted by molar-refractivity contribution is 5.91. The highest BCUT2D eigenvalue weighted by Gasteiger charge is 2.30. The van der Waals surface area contributed by atoms with Crippen LogP contribution < -0.4 is 5.69 Å². The molecule has 40 heavy (non-hydrogen) atoms. The highest BCUT2D eigenvalue weighted by Crippen LogP contribution is 2.32. The molecule has 0 spiro atoms. The van der Waals surface area contributed by atoms with Crippen LogP contribution in [-0.4, -0.2) is 37.1 Å². The third-order valence-electron chi connectivity index (χ3n) is 6.45. The van der Waals surface area contributed by atoms with Gasteiger partial charge in [0.25, 0.3) is 0 Å². The summed E-state index contributed by atoms with van der Waals surface area (Å²) in [6.45, 7) is 2.00. The number of halogens is 3. The van der Waals surface area contributed by atoms with Crippen molar-refractivity contribution in [1.29, 1.82) is 0 Å². The number of benzene rings is 3.